The molecule has 2 atom stereocenters. The summed E-state index contributed by atoms with van der Waals surface area (Å²) in [6, 6.07) is 3.60. The van der Waals surface area contributed by atoms with Crippen LogP contribution in [0.15, 0.2) is 18.2 Å². The topological polar surface area (TPSA) is 26.0 Å². The zero-order valence-corrected chi connectivity index (χ0v) is 9.65. The largest absolute Gasteiger partial charge is 0.324 e. The average molecular weight is 236 g/mol. The van der Waals surface area contributed by atoms with Crippen molar-refractivity contribution in [1.82, 2.24) is 0 Å². The molecule has 0 aliphatic heterocycles. The van der Waals surface area contributed by atoms with Gasteiger partial charge < -0.3 is 5.73 Å². The number of hydrogen-bond acceptors (Lipinski definition) is 1. The van der Waals surface area contributed by atoms with Gasteiger partial charge in [0.15, 0.2) is 11.6 Å². The predicted octanol–water partition coefficient (Wildman–Crippen LogP) is 3.43. The molecule has 2 N–H and O–H groups in total. The van der Waals surface area contributed by atoms with Gasteiger partial charge in [-0.3, -0.25) is 0 Å². The first-order valence-corrected chi connectivity index (χ1v) is 4.76. The molecule has 86 valence electrons. The SMILES string of the molecule is CCC(C)[C@@H](N)c1ccc(F)c(F)c1.Cl. The second-order valence-electron chi connectivity index (χ2n) is 3.58. The molecule has 0 fully saturated rings. The number of hydrogen-bond donors (Lipinski definition) is 1. The molecular weight excluding hydrogens is 220 g/mol. The molecule has 0 radical (unpaired) electrons. The Labute approximate surface area is 95.1 Å². The Bertz CT molecular complexity index is 317. The lowest BCUT2D eigenvalue weighted by Crippen LogP contribution is -2.18. The Balaban J connectivity index is 0.00000196. The van der Waals surface area contributed by atoms with Crippen molar-refractivity contribution in [2.24, 2.45) is 11.7 Å². The third-order valence-electron chi connectivity index (χ3n) is 2.59. The molecule has 0 aliphatic rings. The first-order chi connectivity index (χ1) is 6.56. The molecule has 0 bridgehead atoms. The highest BCUT2D eigenvalue weighted by Gasteiger charge is 2.14. The van der Waals surface area contributed by atoms with Gasteiger partial charge in [-0.15, -0.1) is 12.4 Å². The van der Waals surface area contributed by atoms with Crippen LogP contribution in [0.25, 0.3) is 0 Å². The Morgan fingerprint density at radius 3 is 2.33 bits per heavy atom. The molecule has 1 aromatic rings. The number of rotatable bonds is 3. The van der Waals surface area contributed by atoms with Gasteiger partial charge in [0.05, 0.1) is 0 Å². The summed E-state index contributed by atoms with van der Waals surface area (Å²) in [5, 5.41) is 0. The molecule has 0 saturated heterocycles. The molecule has 0 heterocycles. The zero-order chi connectivity index (χ0) is 10.7. The van der Waals surface area contributed by atoms with Crippen LogP contribution >= 0.6 is 12.4 Å². The summed E-state index contributed by atoms with van der Waals surface area (Å²) in [5.41, 5.74) is 6.53. The molecule has 1 unspecified atom stereocenters. The standard InChI is InChI=1S/C11H15F2N.ClH/c1-3-7(2)11(14)8-4-5-9(12)10(13)6-8;/h4-7,11H,3,14H2,1-2H3;1H/t7?,11-;/m1./s1. The molecular formula is C11H16ClF2N. The van der Waals surface area contributed by atoms with Crippen LogP contribution in [0.5, 0.6) is 0 Å². The Morgan fingerprint density at radius 1 is 1.27 bits per heavy atom. The molecule has 1 rings (SSSR count). The fraction of sp³-hybridized carbons (Fsp3) is 0.455. The molecule has 1 nitrogen and oxygen atoms in total. The van der Waals surface area contributed by atoms with Crippen molar-refractivity contribution in [3.8, 4) is 0 Å². The van der Waals surface area contributed by atoms with Crippen molar-refractivity contribution in [1.29, 1.82) is 0 Å². The lowest BCUT2D eigenvalue weighted by atomic mass is 9.93. The first kappa shape index (κ1) is 14.3. The third-order valence-corrected chi connectivity index (χ3v) is 2.59. The van der Waals surface area contributed by atoms with Crippen LogP contribution in [0.4, 0.5) is 8.78 Å². The van der Waals surface area contributed by atoms with Crippen LogP contribution in [0.2, 0.25) is 0 Å². The first-order valence-electron chi connectivity index (χ1n) is 4.76. The van der Waals surface area contributed by atoms with Gasteiger partial charge >= 0.3 is 0 Å². The predicted molar refractivity (Wildman–Crippen MR) is 60.0 cm³/mol. The molecule has 0 saturated carbocycles. The summed E-state index contributed by atoms with van der Waals surface area (Å²) in [4.78, 5) is 0. The van der Waals surface area contributed by atoms with Gasteiger partial charge in [-0.2, -0.15) is 0 Å². The van der Waals surface area contributed by atoms with E-state index in [1.54, 1.807) is 0 Å². The number of benzene rings is 1. The van der Waals surface area contributed by atoms with Crippen LogP contribution in [0, 0.1) is 17.6 Å². The molecule has 0 spiro atoms. The lowest BCUT2D eigenvalue weighted by Gasteiger charge is -2.18. The van der Waals surface area contributed by atoms with Crippen LogP contribution in [-0.2, 0) is 0 Å². The monoisotopic (exact) mass is 235 g/mol. The number of nitrogens with two attached hydrogens (primary N) is 1. The second-order valence-corrected chi connectivity index (χ2v) is 3.58. The minimum Gasteiger partial charge on any atom is -0.324 e. The van der Waals surface area contributed by atoms with E-state index in [9.17, 15) is 8.78 Å². The minimum absolute atomic E-state index is 0. The van der Waals surface area contributed by atoms with Crippen LogP contribution < -0.4 is 5.73 Å². The lowest BCUT2D eigenvalue weighted by molar-refractivity contribution is 0.450. The third kappa shape index (κ3) is 3.43. The van der Waals surface area contributed by atoms with Crippen LogP contribution in [0.3, 0.4) is 0 Å². The van der Waals surface area contributed by atoms with Gasteiger partial charge in [0, 0.05) is 6.04 Å². The highest BCUT2D eigenvalue weighted by molar-refractivity contribution is 5.85. The summed E-state index contributed by atoms with van der Waals surface area (Å²) in [6.07, 6.45) is 0.917. The second kappa shape index (κ2) is 6.03. The fourth-order valence-corrected chi connectivity index (χ4v) is 1.30. The van der Waals surface area contributed by atoms with E-state index in [4.69, 9.17) is 5.73 Å². The van der Waals surface area contributed by atoms with E-state index in [-0.39, 0.29) is 24.4 Å². The maximum atomic E-state index is 12.9. The average Bonchev–Trinajstić information content (AvgIpc) is 2.20. The summed E-state index contributed by atoms with van der Waals surface area (Å²) in [7, 11) is 0. The van der Waals surface area contributed by atoms with Crippen molar-refractivity contribution < 1.29 is 8.78 Å². The van der Waals surface area contributed by atoms with E-state index in [0.29, 0.717) is 5.56 Å². The van der Waals surface area contributed by atoms with Crippen molar-refractivity contribution in [3.63, 3.8) is 0 Å². The van der Waals surface area contributed by atoms with Crippen molar-refractivity contribution in [3.05, 3.63) is 35.4 Å². The van der Waals surface area contributed by atoms with Crippen molar-refractivity contribution in [2.45, 2.75) is 26.3 Å². The Hall–Kier alpha value is -0.670. The van der Waals surface area contributed by atoms with E-state index in [1.807, 2.05) is 13.8 Å². The summed E-state index contributed by atoms with van der Waals surface area (Å²) < 4.78 is 25.5. The van der Waals surface area contributed by atoms with E-state index >= 15 is 0 Å². The molecule has 0 aliphatic carbocycles. The summed E-state index contributed by atoms with van der Waals surface area (Å²) in [6.45, 7) is 4.01. The maximum Gasteiger partial charge on any atom is 0.159 e. The maximum absolute atomic E-state index is 12.9. The Morgan fingerprint density at radius 2 is 1.87 bits per heavy atom. The summed E-state index contributed by atoms with van der Waals surface area (Å²) in [5.74, 6) is -1.40. The van der Waals surface area contributed by atoms with E-state index < -0.39 is 11.6 Å². The molecule has 15 heavy (non-hydrogen) atoms. The highest BCUT2D eigenvalue weighted by Crippen LogP contribution is 2.22. The number of halogens is 3. The van der Waals surface area contributed by atoms with Gasteiger partial charge in [0.25, 0.3) is 0 Å². The van der Waals surface area contributed by atoms with Crippen LogP contribution in [0.1, 0.15) is 31.9 Å². The molecule has 0 aromatic heterocycles. The smallest absolute Gasteiger partial charge is 0.159 e. The van der Waals surface area contributed by atoms with Crippen LogP contribution in [-0.4, -0.2) is 0 Å². The fourth-order valence-electron chi connectivity index (χ4n) is 1.30. The molecule has 1 aromatic carbocycles. The van der Waals surface area contributed by atoms with Gasteiger partial charge in [-0.25, -0.2) is 8.78 Å². The van der Waals surface area contributed by atoms with Gasteiger partial charge in [0.1, 0.15) is 0 Å². The van der Waals surface area contributed by atoms with E-state index in [1.165, 1.54) is 12.1 Å². The van der Waals surface area contributed by atoms with Crippen molar-refractivity contribution >= 4 is 12.4 Å². The normalized spacial score (nSPS) is 14.2. The minimum atomic E-state index is -0.832. The van der Waals surface area contributed by atoms with E-state index in [2.05, 4.69) is 0 Å². The zero-order valence-electron chi connectivity index (χ0n) is 8.84. The molecule has 0 amide bonds. The van der Waals surface area contributed by atoms with Gasteiger partial charge in [0.2, 0.25) is 0 Å². The highest BCUT2D eigenvalue weighted by atomic mass is 35.5. The van der Waals surface area contributed by atoms with Gasteiger partial charge in [-0.1, -0.05) is 26.3 Å². The Kier molecular flexibility index (Phi) is 5.76. The van der Waals surface area contributed by atoms with Gasteiger partial charge in [-0.05, 0) is 23.6 Å². The van der Waals surface area contributed by atoms with Crippen molar-refractivity contribution in [2.75, 3.05) is 0 Å². The quantitative estimate of drug-likeness (QED) is 0.854. The summed E-state index contributed by atoms with van der Waals surface area (Å²) >= 11 is 0. The molecule has 4 heteroatoms. The van der Waals surface area contributed by atoms with E-state index in [0.717, 1.165) is 12.5 Å².